The Morgan fingerprint density at radius 3 is 2.95 bits per heavy atom. The average molecular weight is 285 g/mol. The summed E-state index contributed by atoms with van der Waals surface area (Å²) in [6.45, 7) is 3.82. The minimum atomic E-state index is -0.154. The van der Waals surface area contributed by atoms with E-state index in [0.29, 0.717) is 11.6 Å². The highest BCUT2D eigenvalue weighted by molar-refractivity contribution is 5.81. The Morgan fingerprint density at radius 2 is 2.19 bits per heavy atom. The number of fused-ring (bicyclic) bond motifs is 1. The van der Waals surface area contributed by atoms with Crippen molar-refractivity contribution in [3.63, 3.8) is 0 Å². The van der Waals surface area contributed by atoms with Crippen LogP contribution in [-0.4, -0.2) is 32.2 Å². The zero-order valence-electron chi connectivity index (χ0n) is 11.8. The second-order valence-electron chi connectivity index (χ2n) is 5.01. The smallest absolute Gasteiger partial charge is 0.243 e. The van der Waals surface area contributed by atoms with E-state index in [2.05, 4.69) is 20.7 Å². The summed E-state index contributed by atoms with van der Waals surface area (Å²) < 4.78 is 5.66. The highest BCUT2D eigenvalue weighted by Crippen LogP contribution is 2.24. The molecular formula is C14H15N5O2. The van der Waals surface area contributed by atoms with Crippen LogP contribution in [0, 0.1) is 0 Å². The van der Waals surface area contributed by atoms with Crippen molar-refractivity contribution in [2.24, 2.45) is 0 Å². The van der Waals surface area contributed by atoms with Crippen molar-refractivity contribution in [1.29, 1.82) is 0 Å². The first-order chi connectivity index (χ1) is 10.1. The molecule has 0 aliphatic heterocycles. The number of rotatable bonds is 4. The molecule has 1 amide bonds. The lowest BCUT2D eigenvalue weighted by Gasteiger charge is -2.06. The van der Waals surface area contributed by atoms with Crippen LogP contribution in [0.3, 0.4) is 0 Å². The first-order valence-electron chi connectivity index (χ1n) is 6.68. The summed E-state index contributed by atoms with van der Waals surface area (Å²) in [7, 11) is 0. The molecule has 0 saturated carbocycles. The molecule has 0 atom stereocenters. The molecule has 0 fully saturated rings. The van der Waals surface area contributed by atoms with Crippen molar-refractivity contribution in [1.82, 2.24) is 25.5 Å². The lowest BCUT2D eigenvalue weighted by Crippen LogP contribution is -2.33. The van der Waals surface area contributed by atoms with Gasteiger partial charge in [0.05, 0.1) is 0 Å². The van der Waals surface area contributed by atoms with Gasteiger partial charge in [-0.3, -0.25) is 4.79 Å². The van der Waals surface area contributed by atoms with Crippen LogP contribution >= 0.6 is 0 Å². The third kappa shape index (κ3) is 2.91. The summed E-state index contributed by atoms with van der Waals surface area (Å²) in [5, 5.41) is 15.7. The lowest BCUT2D eigenvalue weighted by atomic mass is 10.2. The lowest BCUT2D eigenvalue weighted by molar-refractivity contribution is -0.122. The predicted octanol–water partition coefficient (Wildman–Crippen LogP) is 1.61. The highest BCUT2D eigenvalue weighted by atomic mass is 16.3. The van der Waals surface area contributed by atoms with E-state index in [0.717, 1.165) is 11.0 Å². The van der Waals surface area contributed by atoms with Gasteiger partial charge in [-0.25, -0.2) is 0 Å². The van der Waals surface area contributed by atoms with Gasteiger partial charge in [-0.15, -0.1) is 10.2 Å². The van der Waals surface area contributed by atoms with E-state index >= 15 is 0 Å². The van der Waals surface area contributed by atoms with Gasteiger partial charge in [0.25, 0.3) is 0 Å². The van der Waals surface area contributed by atoms with Gasteiger partial charge in [-0.05, 0) is 31.2 Å². The Balaban J connectivity index is 1.79. The number of benzene rings is 1. The third-order valence-corrected chi connectivity index (χ3v) is 2.83. The molecule has 0 spiro atoms. The standard InChI is InChI=1S/C14H15N5O2/c1-9(2)15-13(20)8-19-17-14(16-18-19)12-7-10-5-3-4-6-11(10)21-12/h3-7,9H,8H2,1-2H3,(H,15,20). The van der Waals surface area contributed by atoms with E-state index in [4.69, 9.17) is 4.42 Å². The van der Waals surface area contributed by atoms with Crippen molar-refractivity contribution in [3.8, 4) is 11.6 Å². The average Bonchev–Trinajstić information content (AvgIpc) is 3.03. The minimum Gasteiger partial charge on any atom is -0.453 e. The first kappa shape index (κ1) is 13.3. The van der Waals surface area contributed by atoms with Crippen molar-refractivity contribution in [3.05, 3.63) is 30.3 Å². The summed E-state index contributed by atoms with van der Waals surface area (Å²) in [5.74, 6) is 0.744. The first-order valence-corrected chi connectivity index (χ1v) is 6.68. The highest BCUT2D eigenvalue weighted by Gasteiger charge is 2.13. The molecule has 1 N–H and O–H groups in total. The summed E-state index contributed by atoms with van der Waals surface area (Å²) >= 11 is 0. The molecule has 108 valence electrons. The summed E-state index contributed by atoms with van der Waals surface area (Å²) in [6, 6.07) is 9.58. The zero-order chi connectivity index (χ0) is 14.8. The number of hydrogen-bond acceptors (Lipinski definition) is 5. The van der Waals surface area contributed by atoms with E-state index in [1.54, 1.807) is 0 Å². The molecule has 0 aliphatic carbocycles. The van der Waals surface area contributed by atoms with E-state index in [1.165, 1.54) is 4.80 Å². The van der Waals surface area contributed by atoms with E-state index in [9.17, 15) is 4.79 Å². The largest absolute Gasteiger partial charge is 0.453 e. The Hall–Kier alpha value is -2.70. The molecular weight excluding hydrogens is 270 g/mol. The normalized spacial score (nSPS) is 11.2. The molecule has 0 unspecified atom stereocenters. The molecule has 2 aromatic heterocycles. The molecule has 21 heavy (non-hydrogen) atoms. The number of hydrogen-bond donors (Lipinski definition) is 1. The second-order valence-corrected chi connectivity index (χ2v) is 5.01. The van der Waals surface area contributed by atoms with Gasteiger partial charge in [-0.1, -0.05) is 18.2 Å². The number of nitrogens with zero attached hydrogens (tertiary/aromatic N) is 4. The fourth-order valence-corrected chi connectivity index (χ4v) is 2.00. The number of amides is 1. The molecule has 0 saturated heterocycles. The number of carbonyl (C=O) groups is 1. The van der Waals surface area contributed by atoms with Crippen LogP contribution in [0.5, 0.6) is 0 Å². The fourth-order valence-electron chi connectivity index (χ4n) is 2.00. The van der Waals surface area contributed by atoms with Crippen molar-refractivity contribution >= 4 is 16.9 Å². The quantitative estimate of drug-likeness (QED) is 0.787. The molecule has 0 aliphatic rings. The Labute approximate surface area is 120 Å². The Bertz CT molecular complexity index is 741. The van der Waals surface area contributed by atoms with Gasteiger partial charge in [0.2, 0.25) is 11.7 Å². The second kappa shape index (κ2) is 5.35. The van der Waals surface area contributed by atoms with Gasteiger partial charge in [0.15, 0.2) is 5.76 Å². The predicted molar refractivity (Wildman–Crippen MR) is 76.3 cm³/mol. The summed E-state index contributed by atoms with van der Waals surface area (Å²) in [5.41, 5.74) is 0.765. The van der Waals surface area contributed by atoms with Crippen LogP contribution in [0.4, 0.5) is 0 Å². The Morgan fingerprint density at radius 1 is 1.38 bits per heavy atom. The number of aromatic nitrogens is 4. The SMILES string of the molecule is CC(C)NC(=O)Cn1nnc(-c2cc3ccccc3o2)n1. The molecule has 3 aromatic rings. The number of carbonyl (C=O) groups excluding carboxylic acids is 1. The molecule has 7 nitrogen and oxygen atoms in total. The topological polar surface area (TPSA) is 85.8 Å². The van der Waals surface area contributed by atoms with Crippen molar-refractivity contribution in [2.45, 2.75) is 26.4 Å². The maximum absolute atomic E-state index is 11.6. The molecule has 0 radical (unpaired) electrons. The molecule has 2 heterocycles. The van der Waals surface area contributed by atoms with E-state index < -0.39 is 0 Å². The minimum absolute atomic E-state index is 0.0331. The monoisotopic (exact) mass is 285 g/mol. The third-order valence-electron chi connectivity index (χ3n) is 2.83. The molecule has 7 heteroatoms. The van der Waals surface area contributed by atoms with Crippen LogP contribution in [-0.2, 0) is 11.3 Å². The van der Waals surface area contributed by atoms with Crippen LogP contribution in [0.15, 0.2) is 34.7 Å². The molecule has 0 bridgehead atoms. The van der Waals surface area contributed by atoms with Crippen molar-refractivity contribution in [2.75, 3.05) is 0 Å². The maximum atomic E-state index is 11.6. The van der Waals surface area contributed by atoms with E-state index in [-0.39, 0.29) is 18.5 Å². The van der Waals surface area contributed by atoms with Gasteiger partial charge in [0, 0.05) is 11.4 Å². The summed E-state index contributed by atoms with van der Waals surface area (Å²) in [4.78, 5) is 12.9. The molecule has 3 rings (SSSR count). The van der Waals surface area contributed by atoms with Gasteiger partial charge < -0.3 is 9.73 Å². The maximum Gasteiger partial charge on any atom is 0.243 e. The number of tetrazole rings is 1. The van der Waals surface area contributed by atoms with Crippen molar-refractivity contribution < 1.29 is 9.21 Å². The van der Waals surface area contributed by atoms with Gasteiger partial charge >= 0.3 is 0 Å². The number of nitrogens with one attached hydrogen (secondary N) is 1. The van der Waals surface area contributed by atoms with Crippen LogP contribution < -0.4 is 5.32 Å². The molecule has 1 aromatic carbocycles. The number of furan rings is 1. The fraction of sp³-hybridized carbons (Fsp3) is 0.286. The zero-order valence-corrected chi connectivity index (χ0v) is 11.8. The summed E-state index contributed by atoms with van der Waals surface area (Å²) in [6.07, 6.45) is 0. The van der Waals surface area contributed by atoms with Crippen LogP contribution in [0.1, 0.15) is 13.8 Å². The Kier molecular flexibility index (Phi) is 3.39. The van der Waals surface area contributed by atoms with Gasteiger partial charge in [0.1, 0.15) is 12.1 Å². The van der Waals surface area contributed by atoms with E-state index in [1.807, 2.05) is 44.2 Å². The van der Waals surface area contributed by atoms with Crippen LogP contribution in [0.25, 0.3) is 22.6 Å². The van der Waals surface area contributed by atoms with Gasteiger partial charge in [-0.2, -0.15) is 4.80 Å². The number of para-hydroxylation sites is 1. The van der Waals surface area contributed by atoms with Crippen LogP contribution in [0.2, 0.25) is 0 Å².